The van der Waals surface area contributed by atoms with Gasteiger partial charge in [0.25, 0.3) is 0 Å². The zero-order valence-corrected chi connectivity index (χ0v) is 14.7. The van der Waals surface area contributed by atoms with Crippen LogP contribution in [0.15, 0.2) is 47.2 Å². The summed E-state index contributed by atoms with van der Waals surface area (Å²) in [5.41, 5.74) is 0.934. The minimum Gasteiger partial charge on any atom is -0.338 e. The quantitative estimate of drug-likeness (QED) is 0.658. The molecule has 1 fully saturated rings. The monoisotopic (exact) mass is 351 g/mol. The number of likely N-dealkylation sites (tertiary alicyclic amines) is 1. The smallest absolute Gasteiger partial charge is 0.241 e. The molecule has 0 spiro atoms. The molecule has 0 N–H and O–H groups in total. The SMILES string of the molecule is Cn1ccnc1C(=O)[C@@H]1CCCN(Cc2nc(-c3ccccc3)no2)C1. The summed E-state index contributed by atoms with van der Waals surface area (Å²) in [6.07, 6.45) is 5.33. The molecule has 26 heavy (non-hydrogen) atoms. The number of ketones is 1. The highest BCUT2D eigenvalue weighted by Gasteiger charge is 2.29. The molecule has 0 bridgehead atoms. The maximum atomic E-state index is 12.7. The van der Waals surface area contributed by atoms with Gasteiger partial charge in [0.15, 0.2) is 5.82 Å². The molecule has 1 aliphatic heterocycles. The number of rotatable bonds is 5. The Hall–Kier alpha value is -2.80. The van der Waals surface area contributed by atoms with Gasteiger partial charge in [0.2, 0.25) is 17.5 Å². The van der Waals surface area contributed by atoms with E-state index in [0.29, 0.717) is 30.6 Å². The normalized spacial score (nSPS) is 18.1. The van der Waals surface area contributed by atoms with Crippen LogP contribution in [0.5, 0.6) is 0 Å². The van der Waals surface area contributed by atoms with E-state index in [1.165, 1.54) is 0 Å². The molecule has 1 aliphatic rings. The first-order valence-electron chi connectivity index (χ1n) is 8.82. The molecular formula is C19H21N5O2. The van der Waals surface area contributed by atoms with Gasteiger partial charge in [-0.05, 0) is 19.4 Å². The third kappa shape index (κ3) is 3.43. The number of imidazole rings is 1. The van der Waals surface area contributed by atoms with Gasteiger partial charge < -0.3 is 9.09 Å². The van der Waals surface area contributed by atoms with Gasteiger partial charge in [0, 0.05) is 37.5 Å². The van der Waals surface area contributed by atoms with Crippen LogP contribution < -0.4 is 0 Å². The lowest BCUT2D eigenvalue weighted by atomic mass is 9.93. The fourth-order valence-electron chi connectivity index (χ4n) is 3.41. The van der Waals surface area contributed by atoms with Crippen molar-refractivity contribution in [3.8, 4) is 11.4 Å². The van der Waals surface area contributed by atoms with E-state index in [-0.39, 0.29) is 11.7 Å². The van der Waals surface area contributed by atoms with Crippen molar-refractivity contribution < 1.29 is 9.32 Å². The number of aromatic nitrogens is 4. The summed E-state index contributed by atoms with van der Waals surface area (Å²) < 4.78 is 7.19. The number of benzene rings is 1. The fraction of sp³-hybridized carbons (Fsp3) is 0.368. The van der Waals surface area contributed by atoms with Crippen LogP contribution in [-0.2, 0) is 13.6 Å². The lowest BCUT2D eigenvalue weighted by Crippen LogP contribution is -2.39. The van der Waals surface area contributed by atoms with E-state index in [1.807, 2.05) is 37.4 Å². The molecule has 1 atom stereocenters. The number of hydrogen-bond donors (Lipinski definition) is 0. The second-order valence-corrected chi connectivity index (χ2v) is 6.68. The van der Waals surface area contributed by atoms with E-state index in [2.05, 4.69) is 20.0 Å². The number of aryl methyl sites for hydroxylation is 1. The summed E-state index contributed by atoms with van der Waals surface area (Å²) >= 11 is 0. The number of piperidine rings is 1. The molecular weight excluding hydrogens is 330 g/mol. The number of carbonyl (C=O) groups is 1. The Bertz CT molecular complexity index is 886. The van der Waals surface area contributed by atoms with Crippen LogP contribution in [0, 0.1) is 5.92 Å². The molecule has 0 amide bonds. The highest BCUT2D eigenvalue weighted by molar-refractivity contribution is 5.94. The summed E-state index contributed by atoms with van der Waals surface area (Å²) in [6.45, 7) is 2.17. The summed E-state index contributed by atoms with van der Waals surface area (Å²) in [7, 11) is 1.85. The lowest BCUT2D eigenvalue weighted by Gasteiger charge is -2.30. The molecule has 7 heteroatoms. The molecule has 7 nitrogen and oxygen atoms in total. The molecule has 1 saturated heterocycles. The minimum atomic E-state index is -0.0404. The van der Waals surface area contributed by atoms with Crippen LogP contribution in [-0.4, -0.2) is 43.5 Å². The molecule has 4 rings (SSSR count). The first kappa shape index (κ1) is 16.7. The van der Waals surface area contributed by atoms with Crippen molar-refractivity contribution in [1.29, 1.82) is 0 Å². The number of Topliss-reactive ketones (excluding diaryl/α,β-unsaturated/α-hetero) is 1. The molecule has 0 saturated carbocycles. The second kappa shape index (κ2) is 7.21. The lowest BCUT2D eigenvalue weighted by molar-refractivity contribution is 0.0783. The van der Waals surface area contributed by atoms with Crippen LogP contribution in [0.4, 0.5) is 0 Å². The predicted molar refractivity (Wildman–Crippen MR) is 95.3 cm³/mol. The average Bonchev–Trinajstić information content (AvgIpc) is 3.31. The van der Waals surface area contributed by atoms with E-state index >= 15 is 0 Å². The summed E-state index contributed by atoms with van der Waals surface area (Å²) in [6, 6.07) is 9.76. The van der Waals surface area contributed by atoms with Gasteiger partial charge in [0.05, 0.1) is 6.54 Å². The first-order chi connectivity index (χ1) is 12.7. The molecule has 0 unspecified atom stereocenters. The number of carbonyl (C=O) groups excluding carboxylic acids is 1. The van der Waals surface area contributed by atoms with E-state index in [1.54, 1.807) is 17.0 Å². The van der Waals surface area contributed by atoms with Crippen molar-refractivity contribution in [2.45, 2.75) is 19.4 Å². The van der Waals surface area contributed by atoms with Gasteiger partial charge >= 0.3 is 0 Å². The van der Waals surface area contributed by atoms with Gasteiger partial charge in [-0.1, -0.05) is 35.5 Å². The summed E-state index contributed by atoms with van der Waals surface area (Å²) in [5, 5.41) is 4.07. The Kier molecular flexibility index (Phi) is 4.62. The van der Waals surface area contributed by atoms with Gasteiger partial charge in [-0.2, -0.15) is 4.98 Å². The van der Waals surface area contributed by atoms with Crippen LogP contribution in [0.3, 0.4) is 0 Å². The minimum absolute atomic E-state index is 0.0404. The first-order valence-corrected chi connectivity index (χ1v) is 8.82. The average molecular weight is 351 g/mol. The van der Waals surface area contributed by atoms with E-state index in [4.69, 9.17) is 4.52 Å². The Morgan fingerprint density at radius 3 is 2.92 bits per heavy atom. The number of nitrogens with zero attached hydrogens (tertiary/aromatic N) is 5. The van der Waals surface area contributed by atoms with Crippen molar-refractivity contribution in [3.05, 3.63) is 54.4 Å². The van der Waals surface area contributed by atoms with Crippen molar-refractivity contribution in [2.75, 3.05) is 13.1 Å². The van der Waals surface area contributed by atoms with Crippen molar-refractivity contribution in [3.63, 3.8) is 0 Å². The van der Waals surface area contributed by atoms with Gasteiger partial charge in [-0.3, -0.25) is 9.69 Å². The third-order valence-corrected chi connectivity index (χ3v) is 4.78. The molecule has 2 aromatic heterocycles. The topological polar surface area (TPSA) is 77.1 Å². The zero-order valence-electron chi connectivity index (χ0n) is 14.7. The third-order valence-electron chi connectivity index (χ3n) is 4.78. The highest BCUT2D eigenvalue weighted by Crippen LogP contribution is 2.22. The van der Waals surface area contributed by atoms with Crippen LogP contribution in [0.1, 0.15) is 29.4 Å². The van der Waals surface area contributed by atoms with Crippen LogP contribution in [0.2, 0.25) is 0 Å². The molecule has 0 aliphatic carbocycles. The van der Waals surface area contributed by atoms with Crippen LogP contribution in [0.25, 0.3) is 11.4 Å². The Labute approximate surface area is 151 Å². The van der Waals surface area contributed by atoms with Crippen molar-refractivity contribution >= 4 is 5.78 Å². The molecule has 134 valence electrons. The van der Waals surface area contributed by atoms with E-state index in [0.717, 1.165) is 24.9 Å². The van der Waals surface area contributed by atoms with Gasteiger partial charge in [-0.15, -0.1) is 0 Å². The maximum absolute atomic E-state index is 12.7. The summed E-state index contributed by atoms with van der Waals surface area (Å²) in [5.74, 6) is 1.77. The second-order valence-electron chi connectivity index (χ2n) is 6.68. The molecule has 3 heterocycles. The Morgan fingerprint density at radius 1 is 1.31 bits per heavy atom. The van der Waals surface area contributed by atoms with Crippen molar-refractivity contribution in [1.82, 2.24) is 24.6 Å². The van der Waals surface area contributed by atoms with Crippen LogP contribution >= 0.6 is 0 Å². The van der Waals surface area contributed by atoms with Crippen molar-refractivity contribution in [2.24, 2.45) is 13.0 Å². The Balaban J connectivity index is 1.42. The summed E-state index contributed by atoms with van der Waals surface area (Å²) in [4.78, 5) is 23.6. The van der Waals surface area contributed by atoms with Gasteiger partial charge in [0.1, 0.15) is 0 Å². The van der Waals surface area contributed by atoms with Gasteiger partial charge in [-0.25, -0.2) is 4.98 Å². The number of hydrogen-bond acceptors (Lipinski definition) is 6. The molecule has 3 aromatic rings. The largest absolute Gasteiger partial charge is 0.338 e. The molecule has 0 radical (unpaired) electrons. The van der Waals surface area contributed by atoms with E-state index < -0.39 is 0 Å². The maximum Gasteiger partial charge on any atom is 0.241 e. The standard InChI is InChI=1S/C19H21N5O2/c1-23-11-9-20-19(23)17(25)15-8-5-10-24(12-15)13-16-21-18(22-26-16)14-6-3-2-4-7-14/h2-4,6-7,9,11,15H,5,8,10,12-13H2,1H3/t15-/m1/s1. The fourth-order valence-corrected chi connectivity index (χ4v) is 3.41. The zero-order chi connectivity index (χ0) is 17.9. The Morgan fingerprint density at radius 2 is 2.15 bits per heavy atom. The molecule has 1 aromatic carbocycles. The van der Waals surface area contributed by atoms with E-state index in [9.17, 15) is 4.79 Å². The predicted octanol–water partition coefficient (Wildman–Crippen LogP) is 2.57. The highest BCUT2D eigenvalue weighted by atomic mass is 16.5.